The van der Waals surface area contributed by atoms with E-state index in [0.717, 1.165) is 44.0 Å². The number of aromatic nitrogens is 1. The maximum Gasteiger partial charge on any atom is 0.128 e. The van der Waals surface area contributed by atoms with Gasteiger partial charge < -0.3 is 4.90 Å². The fraction of sp³-hybridized carbons (Fsp3) is 0.714. The molecule has 25 heavy (non-hydrogen) atoms. The highest BCUT2D eigenvalue weighted by Gasteiger charge is 2.39. The van der Waals surface area contributed by atoms with E-state index in [9.17, 15) is 0 Å². The molecule has 2 fully saturated rings. The normalized spacial score (nSPS) is 25.1. The predicted octanol–water partition coefficient (Wildman–Crippen LogP) is 4.07. The maximum absolute atomic E-state index is 8.90. The number of anilines is 1. The van der Waals surface area contributed by atoms with Crippen molar-refractivity contribution in [2.24, 2.45) is 11.3 Å². The minimum atomic E-state index is 0.531. The van der Waals surface area contributed by atoms with E-state index >= 15 is 0 Å². The standard InChI is InChI=1S/C21H32N4/c1-4-21(3,5-2)18-7-8-19(14-18)24-10-12-25(13-11-24)20-9-6-17(15-22)16-23-20/h6,9,16,18-19H,4-5,7-8,10-14H2,1-3H3. The molecule has 1 aliphatic heterocycles. The molecule has 1 aromatic heterocycles. The van der Waals surface area contributed by atoms with E-state index in [4.69, 9.17) is 5.26 Å². The van der Waals surface area contributed by atoms with Crippen molar-refractivity contribution in [2.75, 3.05) is 31.1 Å². The predicted molar refractivity (Wildman–Crippen MR) is 103 cm³/mol. The molecular formula is C21H32N4. The van der Waals surface area contributed by atoms with E-state index < -0.39 is 0 Å². The zero-order chi connectivity index (χ0) is 17.9. The fourth-order valence-electron chi connectivity index (χ4n) is 4.71. The van der Waals surface area contributed by atoms with Gasteiger partial charge in [0.25, 0.3) is 0 Å². The van der Waals surface area contributed by atoms with Crippen molar-refractivity contribution in [3.05, 3.63) is 23.9 Å². The van der Waals surface area contributed by atoms with Crippen LogP contribution in [0.3, 0.4) is 0 Å². The van der Waals surface area contributed by atoms with Crippen LogP contribution in [0.5, 0.6) is 0 Å². The van der Waals surface area contributed by atoms with Gasteiger partial charge in [0.2, 0.25) is 0 Å². The van der Waals surface area contributed by atoms with E-state index in [0.29, 0.717) is 11.0 Å². The number of nitrogens with zero attached hydrogens (tertiary/aromatic N) is 4. The third-order valence-electron chi connectivity index (χ3n) is 7.04. The summed E-state index contributed by atoms with van der Waals surface area (Å²) in [5, 5.41) is 8.90. The summed E-state index contributed by atoms with van der Waals surface area (Å²) in [6.45, 7) is 11.6. The van der Waals surface area contributed by atoms with Gasteiger partial charge in [-0.25, -0.2) is 4.98 Å². The summed E-state index contributed by atoms with van der Waals surface area (Å²) in [6.07, 6.45) is 8.45. The molecule has 0 amide bonds. The van der Waals surface area contributed by atoms with E-state index in [1.54, 1.807) is 6.20 Å². The van der Waals surface area contributed by atoms with Crippen LogP contribution < -0.4 is 4.90 Å². The van der Waals surface area contributed by atoms with Crippen molar-refractivity contribution in [1.29, 1.82) is 5.26 Å². The van der Waals surface area contributed by atoms with Crippen LogP contribution >= 0.6 is 0 Å². The van der Waals surface area contributed by atoms with Gasteiger partial charge in [-0.3, -0.25) is 4.90 Å². The Hall–Kier alpha value is -1.60. The van der Waals surface area contributed by atoms with Crippen LogP contribution in [0.15, 0.2) is 18.3 Å². The van der Waals surface area contributed by atoms with Crippen LogP contribution in [-0.2, 0) is 0 Å². The Balaban J connectivity index is 1.53. The Morgan fingerprint density at radius 1 is 1.16 bits per heavy atom. The zero-order valence-corrected chi connectivity index (χ0v) is 16.0. The van der Waals surface area contributed by atoms with E-state index in [2.05, 4.69) is 41.6 Å². The van der Waals surface area contributed by atoms with E-state index in [1.807, 2.05) is 12.1 Å². The molecule has 1 saturated carbocycles. The summed E-state index contributed by atoms with van der Waals surface area (Å²) in [7, 11) is 0. The molecule has 1 aliphatic carbocycles. The molecule has 1 aromatic rings. The van der Waals surface area contributed by atoms with Crippen LogP contribution in [0.4, 0.5) is 5.82 Å². The van der Waals surface area contributed by atoms with Gasteiger partial charge in [-0.05, 0) is 42.7 Å². The summed E-state index contributed by atoms with van der Waals surface area (Å²) >= 11 is 0. The third kappa shape index (κ3) is 3.82. The highest BCUT2D eigenvalue weighted by atomic mass is 15.3. The average Bonchev–Trinajstić information content (AvgIpc) is 3.18. The summed E-state index contributed by atoms with van der Waals surface area (Å²) in [5.41, 5.74) is 1.16. The van der Waals surface area contributed by atoms with Gasteiger partial charge in [-0.1, -0.05) is 33.6 Å². The Morgan fingerprint density at radius 3 is 2.44 bits per heavy atom. The third-order valence-corrected chi connectivity index (χ3v) is 7.04. The quantitative estimate of drug-likeness (QED) is 0.810. The van der Waals surface area contributed by atoms with E-state index in [-0.39, 0.29) is 0 Å². The van der Waals surface area contributed by atoms with Gasteiger partial charge in [-0.15, -0.1) is 0 Å². The summed E-state index contributed by atoms with van der Waals surface area (Å²) < 4.78 is 0. The minimum absolute atomic E-state index is 0.531. The van der Waals surface area contributed by atoms with Crippen molar-refractivity contribution in [3.63, 3.8) is 0 Å². The van der Waals surface area contributed by atoms with E-state index in [1.165, 1.54) is 32.1 Å². The van der Waals surface area contributed by atoms with Crippen LogP contribution in [0, 0.1) is 22.7 Å². The molecule has 1 saturated heterocycles. The molecule has 4 heteroatoms. The lowest BCUT2D eigenvalue weighted by Gasteiger charge is -2.39. The average molecular weight is 341 g/mol. The molecule has 0 spiro atoms. The fourth-order valence-corrected chi connectivity index (χ4v) is 4.71. The molecule has 0 N–H and O–H groups in total. The van der Waals surface area contributed by atoms with Crippen LogP contribution in [0.25, 0.3) is 0 Å². The Labute approximate surface area is 152 Å². The number of piperazine rings is 1. The highest BCUT2D eigenvalue weighted by molar-refractivity contribution is 5.42. The van der Waals surface area contributed by atoms with Gasteiger partial charge >= 0.3 is 0 Å². The Morgan fingerprint density at radius 2 is 1.88 bits per heavy atom. The van der Waals surface area contributed by atoms with Crippen molar-refractivity contribution in [1.82, 2.24) is 9.88 Å². The van der Waals surface area contributed by atoms with Gasteiger partial charge in [0.1, 0.15) is 11.9 Å². The highest BCUT2D eigenvalue weighted by Crippen LogP contribution is 2.45. The molecular weight excluding hydrogens is 308 g/mol. The lowest BCUT2D eigenvalue weighted by atomic mass is 9.72. The number of hydrogen-bond donors (Lipinski definition) is 0. The minimum Gasteiger partial charge on any atom is -0.354 e. The summed E-state index contributed by atoms with van der Waals surface area (Å²) in [6, 6.07) is 6.76. The molecule has 4 nitrogen and oxygen atoms in total. The molecule has 136 valence electrons. The maximum atomic E-state index is 8.90. The first-order chi connectivity index (χ1) is 12.1. The number of pyridine rings is 1. The van der Waals surface area contributed by atoms with Gasteiger partial charge in [-0.2, -0.15) is 5.26 Å². The molecule has 0 bridgehead atoms. The first kappa shape index (κ1) is 18.2. The zero-order valence-electron chi connectivity index (χ0n) is 16.0. The smallest absolute Gasteiger partial charge is 0.128 e. The molecule has 2 heterocycles. The largest absolute Gasteiger partial charge is 0.354 e. The van der Waals surface area contributed by atoms with Gasteiger partial charge in [0, 0.05) is 38.4 Å². The number of rotatable bonds is 5. The summed E-state index contributed by atoms with van der Waals surface area (Å²) in [4.78, 5) is 9.51. The molecule has 0 aromatic carbocycles. The van der Waals surface area contributed by atoms with Crippen molar-refractivity contribution >= 4 is 5.82 Å². The van der Waals surface area contributed by atoms with Gasteiger partial charge in [0.15, 0.2) is 0 Å². The molecule has 0 radical (unpaired) electrons. The van der Waals surface area contributed by atoms with Crippen LogP contribution in [-0.4, -0.2) is 42.1 Å². The summed E-state index contributed by atoms with van der Waals surface area (Å²) in [5.74, 6) is 1.90. The first-order valence-electron chi connectivity index (χ1n) is 9.94. The second kappa shape index (κ2) is 7.74. The lowest BCUT2D eigenvalue weighted by molar-refractivity contribution is 0.142. The van der Waals surface area contributed by atoms with Crippen LogP contribution in [0.1, 0.15) is 58.4 Å². The molecule has 2 atom stereocenters. The Kier molecular flexibility index (Phi) is 5.64. The van der Waals surface area contributed by atoms with Crippen molar-refractivity contribution in [3.8, 4) is 6.07 Å². The second-order valence-electron chi connectivity index (χ2n) is 8.06. The molecule has 2 unspecified atom stereocenters. The number of hydrogen-bond acceptors (Lipinski definition) is 4. The first-order valence-corrected chi connectivity index (χ1v) is 9.94. The number of nitriles is 1. The molecule has 3 rings (SSSR count). The molecule has 2 aliphatic rings. The monoisotopic (exact) mass is 340 g/mol. The SMILES string of the molecule is CCC(C)(CC)C1CCC(N2CCN(c3ccc(C#N)cn3)CC2)C1. The second-order valence-corrected chi connectivity index (χ2v) is 8.06. The van der Waals surface area contributed by atoms with Crippen molar-refractivity contribution < 1.29 is 0 Å². The van der Waals surface area contributed by atoms with Crippen molar-refractivity contribution in [2.45, 2.75) is 58.9 Å². The topological polar surface area (TPSA) is 43.2 Å². The van der Waals surface area contributed by atoms with Crippen LogP contribution in [0.2, 0.25) is 0 Å². The van der Waals surface area contributed by atoms with Gasteiger partial charge in [0.05, 0.1) is 5.56 Å². The Bertz CT molecular complexity index is 591. The lowest BCUT2D eigenvalue weighted by Crippen LogP contribution is -2.50.